The molecule has 22 heavy (non-hydrogen) atoms. The summed E-state index contributed by atoms with van der Waals surface area (Å²) in [5.74, 6) is -0.719. The zero-order chi connectivity index (χ0) is 17.5. The Kier molecular flexibility index (Phi) is 4.94. The van der Waals surface area contributed by atoms with E-state index in [0.717, 1.165) is 0 Å². The summed E-state index contributed by atoms with van der Waals surface area (Å²) in [4.78, 5) is 12.1. The molecule has 0 fully saturated rings. The molecule has 0 heterocycles. The lowest BCUT2D eigenvalue weighted by Gasteiger charge is -2.31. The summed E-state index contributed by atoms with van der Waals surface area (Å²) in [5.41, 5.74) is 1.35. The van der Waals surface area contributed by atoms with Crippen molar-refractivity contribution in [3.05, 3.63) is 28.3 Å². The molecule has 0 aliphatic heterocycles. The van der Waals surface area contributed by atoms with Crippen molar-refractivity contribution < 1.29 is 20.3 Å². The molecule has 5 nitrogen and oxygen atoms in total. The molecule has 1 aromatic rings. The van der Waals surface area contributed by atoms with E-state index in [1.807, 2.05) is 48.5 Å². The van der Waals surface area contributed by atoms with Gasteiger partial charge in [0.15, 0.2) is 0 Å². The maximum Gasteiger partial charge on any atom is 0.303 e. The summed E-state index contributed by atoms with van der Waals surface area (Å²) in [6.07, 6.45) is 0.500. The highest BCUT2D eigenvalue weighted by atomic mass is 16.8. The molecule has 5 heteroatoms. The third kappa shape index (κ3) is 3.42. The highest BCUT2D eigenvalue weighted by Gasteiger charge is 2.32. The van der Waals surface area contributed by atoms with Crippen molar-refractivity contribution >= 4 is 5.91 Å². The van der Waals surface area contributed by atoms with E-state index in [0.29, 0.717) is 23.1 Å². The summed E-state index contributed by atoms with van der Waals surface area (Å²) in [6, 6.07) is 1.56. The number of aromatic hydroxyl groups is 1. The van der Waals surface area contributed by atoms with Crippen LogP contribution in [0.3, 0.4) is 0 Å². The summed E-state index contributed by atoms with van der Waals surface area (Å²) < 4.78 is 0. The number of phenols is 1. The number of carbonyl (C=O) groups is 1. The van der Waals surface area contributed by atoms with E-state index in [1.165, 1.54) is 0 Å². The van der Waals surface area contributed by atoms with Crippen LogP contribution in [0.5, 0.6) is 5.75 Å². The predicted molar refractivity (Wildman–Crippen MR) is 84.6 cm³/mol. The molecule has 0 aromatic heterocycles. The molecule has 124 valence electrons. The average molecular weight is 309 g/mol. The normalized spacial score (nSPS) is 12.4. The van der Waals surface area contributed by atoms with Crippen LogP contribution in [0.25, 0.3) is 0 Å². The molecule has 0 aliphatic rings. The Bertz CT molecular complexity index is 578. The molecule has 1 amide bonds. The SMILES string of the molecule is CCc1c(C(=O)N(O)O)cc(C(C)(C)C)c(O)c1C(C)(C)C. The molecule has 0 saturated carbocycles. The van der Waals surface area contributed by atoms with Crippen LogP contribution in [0.2, 0.25) is 0 Å². The first kappa shape index (κ1) is 18.5. The van der Waals surface area contributed by atoms with E-state index < -0.39 is 11.1 Å². The van der Waals surface area contributed by atoms with Crippen LogP contribution >= 0.6 is 0 Å². The molecule has 0 spiro atoms. The lowest BCUT2D eigenvalue weighted by molar-refractivity contribution is -0.260. The van der Waals surface area contributed by atoms with E-state index in [1.54, 1.807) is 6.07 Å². The van der Waals surface area contributed by atoms with Crippen LogP contribution in [0.4, 0.5) is 0 Å². The van der Waals surface area contributed by atoms with Crippen molar-refractivity contribution in [3.8, 4) is 5.75 Å². The molecule has 0 saturated heterocycles. The minimum Gasteiger partial charge on any atom is -0.507 e. The van der Waals surface area contributed by atoms with Gasteiger partial charge < -0.3 is 5.11 Å². The molecule has 3 N–H and O–H groups in total. The standard InChI is InChI=1S/C17H27NO4/c1-8-10-11(15(20)18(21)22)9-12(16(2,3)4)14(19)13(10)17(5,6)7/h9,19,21-22H,8H2,1-7H3. The summed E-state index contributed by atoms with van der Waals surface area (Å²) in [6.45, 7) is 13.5. The second-order valence-electron chi connectivity index (χ2n) is 7.62. The van der Waals surface area contributed by atoms with Gasteiger partial charge in [-0.1, -0.05) is 53.7 Å². The highest BCUT2D eigenvalue weighted by Crippen LogP contribution is 2.42. The van der Waals surface area contributed by atoms with Crippen LogP contribution in [-0.2, 0) is 17.3 Å². The van der Waals surface area contributed by atoms with E-state index in [9.17, 15) is 9.90 Å². The number of hydrogen-bond acceptors (Lipinski definition) is 4. The molecule has 0 unspecified atom stereocenters. The molecule has 1 rings (SSSR count). The van der Waals surface area contributed by atoms with Gasteiger partial charge in [0.1, 0.15) is 5.75 Å². The number of nitrogens with zero attached hydrogens (tertiary/aromatic N) is 1. The van der Waals surface area contributed by atoms with Crippen molar-refractivity contribution in [2.24, 2.45) is 0 Å². The third-order valence-electron chi connectivity index (χ3n) is 3.73. The Morgan fingerprint density at radius 1 is 1.09 bits per heavy atom. The van der Waals surface area contributed by atoms with Crippen molar-refractivity contribution in [3.63, 3.8) is 0 Å². The fourth-order valence-electron chi connectivity index (χ4n) is 2.76. The Morgan fingerprint density at radius 2 is 1.59 bits per heavy atom. The minimum atomic E-state index is -0.896. The third-order valence-corrected chi connectivity index (χ3v) is 3.73. The Morgan fingerprint density at radius 3 is 1.91 bits per heavy atom. The van der Waals surface area contributed by atoms with Gasteiger partial charge in [-0.05, 0) is 28.9 Å². The van der Waals surface area contributed by atoms with Crippen LogP contribution in [0.1, 0.15) is 75.5 Å². The zero-order valence-corrected chi connectivity index (χ0v) is 14.5. The Labute approximate surface area is 132 Å². The molecule has 0 radical (unpaired) electrons. The maximum atomic E-state index is 12.1. The summed E-state index contributed by atoms with van der Waals surface area (Å²) >= 11 is 0. The van der Waals surface area contributed by atoms with Crippen molar-refractivity contribution in [2.75, 3.05) is 0 Å². The van der Waals surface area contributed by atoms with Crippen LogP contribution in [0, 0.1) is 0 Å². The first-order valence-electron chi connectivity index (χ1n) is 7.44. The summed E-state index contributed by atoms with van der Waals surface area (Å²) in [7, 11) is 0. The fourth-order valence-corrected chi connectivity index (χ4v) is 2.76. The lowest BCUT2D eigenvalue weighted by Crippen LogP contribution is -2.28. The van der Waals surface area contributed by atoms with E-state index >= 15 is 0 Å². The molecule has 1 aromatic carbocycles. The highest BCUT2D eigenvalue weighted by molar-refractivity contribution is 5.95. The number of hydroxylamine groups is 2. The van der Waals surface area contributed by atoms with Gasteiger partial charge in [-0.3, -0.25) is 15.2 Å². The number of amides is 1. The van der Waals surface area contributed by atoms with Crippen LogP contribution < -0.4 is 0 Å². The predicted octanol–water partition coefficient (Wildman–Crippen LogP) is 3.77. The van der Waals surface area contributed by atoms with Gasteiger partial charge in [0.05, 0.1) is 0 Å². The van der Waals surface area contributed by atoms with E-state index in [-0.39, 0.29) is 22.1 Å². The Hall–Kier alpha value is -1.59. The van der Waals surface area contributed by atoms with Gasteiger partial charge in [0, 0.05) is 16.7 Å². The fraction of sp³-hybridized carbons (Fsp3) is 0.588. The maximum absolute atomic E-state index is 12.1. The smallest absolute Gasteiger partial charge is 0.303 e. The van der Waals surface area contributed by atoms with E-state index in [4.69, 9.17) is 10.4 Å². The lowest BCUT2D eigenvalue weighted by atomic mass is 9.75. The number of hydrogen-bond donors (Lipinski definition) is 3. The number of phenolic OH excluding ortho intramolecular Hbond substituents is 1. The van der Waals surface area contributed by atoms with E-state index in [2.05, 4.69) is 0 Å². The van der Waals surface area contributed by atoms with Gasteiger partial charge in [-0.2, -0.15) is 0 Å². The molecule has 0 bridgehead atoms. The molecular formula is C17H27NO4. The number of carbonyl (C=O) groups excluding carboxylic acids is 1. The largest absolute Gasteiger partial charge is 0.507 e. The summed E-state index contributed by atoms with van der Waals surface area (Å²) in [5, 5.41) is 28.6. The minimum absolute atomic E-state index is 0.177. The van der Waals surface area contributed by atoms with Gasteiger partial charge in [0.25, 0.3) is 0 Å². The number of rotatable bonds is 2. The quantitative estimate of drug-likeness (QED) is 0.574. The molecule has 0 aliphatic carbocycles. The van der Waals surface area contributed by atoms with Gasteiger partial charge in [-0.25, -0.2) is 0 Å². The van der Waals surface area contributed by atoms with Crippen molar-refractivity contribution in [1.82, 2.24) is 5.23 Å². The second-order valence-corrected chi connectivity index (χ2v) is 7.62. The zero-order valence-electron chi connectivity index (χ0n) is 14.5. The van der Waals surface area contributed by atoms with Gasteiger partial charge in [0.2, 0.25) is 0 Å². The monoisotopic (exact) mass is 309 g/mol. The van der Waals surface area contributed by atoms with Crippen LogP contribution in [0.15, 0.2) is 6.07 Å². The topological polar surface area (TPSA) is 81.0 Å². The van der Waals surface area contributed by atoms with Crippen LogP contribution in [-0.4, -0.2) is 26.7 Å². The molecule has 0 atom stereocenters. The van der Waals surface area contributed by atoms with Crippen molar-refractivity contribution in [1.29, 1.82) is 0 Å². The first-order chi connectivity index (χ1) is 9.82. The average Bonchev–Trinajstić information content (AvgIpc) is 2.33. The van der Waals surface area contributed by atoms with Gasteiger partial charge in [-0.15, -0.1) is 0 Å². The number of benzene rings is 1. The Balaban J connectivity index is 3.90. The first-order valence-corrected chi connectivity index (χ1v) is 7.44. The second kappa shape index (κ2) is 5.89. The van der Waals surface area contributed by atoms with Crippen molar-refractivity contribution in [2.45, 2.75) is 65.7 Å². The van der Waals surface area contributed by atoms with Gasteiger partial charge >= 0.3 is 5.91 Å². The molecular weight excluding hydrogens is 282 g/mol.